The summed E-state index contributed by atoms with van der Waals surface area (Å²) < 4.78 is 0. The van der Waals surface area contributed by atoms with Crippen molar-refractivity contribution in [1.82, 2.24) is 10.3 Å². The Labute approximate surface area is 111 Å². The highest BCUT2D eigenvalue weighted by molar-refractivity contribution is 7.14. The lowest BCUT2D eigenvalue weighted by Gasteiger charge is -2.05. The number of thiophene rings is 1. The van der Waals surface area contributed by atoms with Crippen LogP contribution in [0.15, 0.2) is 16.8 Å². The van der Waals surface area contributed by atoms with Gasteiger partial charge >= 0.3 is 0 Å². The summed E-state index contributed by atoms with van der Waals surface area (Å²) in [6.45, 7) is 7.49. The lowest BCUT2D eigenvalue weighted by Crippen LogP contribution is -2.24. The first-order chi connectivity index (χ1) is 8.16. The minimum Gasteiger partial charge on any atom is -0.314 e. The Morgan fingerprint density at radius 3 is 2.82 bits per heavy atom. The summed E-state index contributed by atoms with van der Waals surface area (Å²) in [4.78, 5) is 6.01. The highest BCUT2D eigenvalue weighted by atomic mass is 32.1. The summed E-state index contributed by atoms with van der Waals surface area (Å²) in [5.41, 5.74) is 2.47. The van der Waals surface area contributed by atoms with E-state index < -0.39 is 0 Å². The zero-order valence-corrected chi connectivity index (χ0v) is 12.1. The Bertz CT molecular complexity index is 471. The van der Waals surface area contributed by atoms with Gasteiger partial charge in [-0.25, -0.2) is 4.98 Å². The van der Waals surface area contributed by atoms with Crippen molar-refractivity contribution in [3.8, 4) is 10.6 Å². The Hall–Kier alpha value is -0.710. The third-order valence-electron chi connectivity index (χ3n) is 2.54. The summed E-state index contributed by atoms with van der Waals surface area (Å²) >= 11 is 3.54. The summed E-state index contributed by atoms with van der Waals surface area (Å²) in [5, 5.41) is 8.94. The van der Waals surface area contributed by atoms with Crippen LogP contribution in [0.5, 0.6) is 0 Å². The molecule has 0 bridgehead atoms. The van der Waals surface area contributed by atoms with Crippen LogP contribution >= 0.6 is 22.7 Å². The van der Waals surface area contributed by atoms with Gasteiger partial charge in [0.25, 0.3) is 0 Å². The number of nitrogens with one attached hydrogen (secondary N) is 1. The molecule has 2 rings (SSSR count). The van der Waals surface area contributed by atoms with Gasteiger partial charge in [-0.15, -0.1) is 22.7 Å². The molecule has 0 aliphatic heterocycles. The number of nitrogens with zero attached hydrogens (tertiary/aromatic N) is 1. The molecule has 92 valence electrons. The van der Waals surface area contributed by atoms with E-state index in [9.17, 15) is 0 Å². The van der Waals surface area contributed by atoms with E-state index in [1.54, 1.807) is 22.7 Å². The average molecular weight is 266 g/mol. The molecule has 0 aliphatic carbocycles. The topological polar surface area (TPSA) is 24.9 Å². The van der Waals surface area contributed by atoms with Crippen molar-refractivity contribution in [2.75, 3.05) is 6.54 Å². The van der Waals surface area contributed by atoms with Gasteiger partial charge in [0.2, 0.25) is 0 Å². The highest BCUT2D eigenvalue weighted by Crippen LogP contribution is 2.29. The molecular weight excluding hydrogens is 248 g/mol. The van der Waals surface area contributed by atoms with Crippen LogP contribution in [0.4, 0.5) is 0 Å². The molecule has 0 amide bonds. The van der Waals surface area contributed by atoms with E-state index in [2.05, 4.69) is 42.9 Å². The second-order valence-electron chi connectivity index (χ2n) is 4.42. The van der Waals surface area contributed by atoms with Gasteiger partial charge in [-0.05, 0) is 23.9 Å². The van der Waals surface area contributed by atoms with Crippen molar-refractivity contribution >= 4 is 22.7 Å². The zero-order valence-electron chi connectivity index (χ0n) is 10.5. The van der Waals surface area contributed by atoms with Crippen molar-refractivity contribution in [2.45, 2.75) is 33.2 Å². The van der Waals surface area contributed by atoms with Crippen LogP contribution < -0.4 is 5.32 Å². The molecule has 0 spiro atoms. The van der Waals surface area contributed by atoms with Gasteiger partial charge in [0.1, 0.15) is 0 Å². The summed E-state index contributed by atoms with van der Waals surface area (Å²) in [7, 11) is 0. The maximum atomic E-state index is 4.70. The number of hydrogen-bond donors (Lipinski definition) is 1. The van der Waals surface area contributed by atoms with E-state index in [1.807, 2.05) is 0 Å². The fourth-order valence-corrected chi connectivity index (χ4v) is 3.38. The van der Waals surface area contributed by atoms with Crippen molar-refractivity contribution in [3.63, 3.8) is 0 Å². The molecular formula is C13H18N2S2. The Morgan fingerprint density at radius 2 is 2.18 bits per heavy atom. The van der Waals surface area contributed by atoms with Gasteiger partial charge in [0, 0.05) is 24.4 Å². The number of hydrogen-bond acceptors (Lipinski definition) is 4. The van der Waals surface area contributed by atoms with Crippen molar-refractivity contribution in [2.24, 2.45) is 0 Å². The standard InChI is InChI=1S/C13H18N2S2/c1-9(2)14-6-4-12-15-11(8-17-12)13-10(3)5-7-16-13/h5,7-9,14H,4,6H2,1-3H3. The predicted octanol–water partition coefficient (Wildman–Crippen LogP) is 3.72. The van der Waals surface area contributed by atoms with Crippen molar-refractivity contribution in [3.05, 3.63) is 27.4 Å². The molecule has 0 aromatic carbocycles. The average Bonchev–Trinajstić information content (AvgIpc) is 2.86. The maximum absolute atomic E-state index is 4.70. The molecule has 2 heterocycles. The lowest BCUT2D eigenvalue weighted by atomic mass is 10.2. The predicted molar refractivity (Wildman–Crippen MR) is 77.0 cm³/mol. The van der Waals surface area contributed by atoms with Crippen LogP contribution in [0.25, 0.3) is 10.6 Å². The number of rotatable bonds is 5. The fraction of sp³-hybridized carbons (Fsp3) is 0.462. The minimum absolute atomic E-state index is 0.550. The molecule has 2 nitrogen and oxygen atoms in total. The van der Waals surface area contributed by atoms with Crippen LogP contribution in [0.3, 0.4) is 0 Å². The second kappa shape index (κ2) is 5.76. The summed E-state index contributed by atoms with van der Waals surface area (Å²) in [5.74, 6) is 0. The molecule has 17 heavy (non-hydrogen) atoms. The summed E-state index contributed by atoms with van der Waals surface area (Å²) in [6.07, 6.45) is 1.02. The number of aromatic nitrogens is 1. The van der Waals surface area contributed by atoms with Gasteiger partial charge in [-0.3, -0.25) is 0 Å². The molecule has 0 fully saturated rings. The van der Waals surface area contributed by atoms with Gasteiger partial charge in [0.05, 0.1) is 15.6 Å². The zero-order chi connectivity index (χ0) is 12.3. The Balaban J connectivity index is 1.99. The van der Waals surface area contributed by atoms with Crippen LogP contribution in [-0.2, 0) is 6.42 Å². The smallest absolute Gasteiger partial charge is 0.0945 e. The van der Waals surface area contributed by atoms with Crippen LogP contribution in [0.1, 0.15) is 24.4 Å². The van der Waals surface area contributed by atoms with E-state index in [0.717, 1.165) is 18.7 Å². The quantitative estimate of drug-likeness (QED) is 0.892. The molecule has 2 aromatic rings. The molecule has 0 radical (unpaired) electrons. The van der Waals surface area contributed by atoms with E-state index in [4.69, 9.17) is 4.98 Å². The Kier molecular flexibility index (Phi) is 4.31. The van der Waals surface area contributed by atoms with Gasteiger partial charge < -0.3 is 5.32 Å². The van der Waals surface area contributed by atoms with Gasteiger partial charge in [-0.1, -0.05) is 13.8 Å². The third-order valence-corrected chi connectivity index (χ3v) is 4.49. The number of thiazole rings is 1. The van der Waals surface area contributed by atoms with Gasteiger partial charge in [-0.2, -0.15) is 0 Å². The van der Waals surface area contributed by atoms with Crippen molar-refractivity contribution < 1.29 is 0 Å². The molecule has 0 saturated carbocycles. The molecule has 2 aromatic heterocycles. The SMILES string of the molecule is Cc1ccsc1-c1csc(CCNC(C)C)n1. The fourth-order valence-electron chi connectivity index (χ4n) is 1.63. The van der Waals surface area contributed by atoms with E-state index in [-0.39, 0.29) is 0 Å². The molecule has 1 N–H and O–H groups in total. The minimum atomic E-state index is 0.550. The monoisotopic (exact) mass is 266 g/mol. The Morgan fingerprint density at radius 1 is 1.35 bits per heavy atom. The van der Waals surface area contributed by atoms with E-state index >= 15 is 0 Å². The molecule has 0 atom stereocenters. The van der Waals surface area contributed by atoms with Gasteiger partial charge in [0.15, 0.2) is 0 Å². The van der Waals surface area contributed by atoms with E-state index in [0.29, 0.717) is 6.04 Å². The van der Waals surface area contributed by atoms with Crippen molar-refractivity contribution in [1.29, 1.82) is 0 Å². The maximum Gasteiger partial charge on any atom is 0.0945 e. The highest BCUT2D eigenvalue weighted by Gasteiger charge is 2.08. The normalized spacial score (nSPS) is 11.3. The van der Waals surface area contributed by atoms with Crippen LogP contribution in [0, 0.1) is 6.92 Å². The first-order valence-electron chi connectivity index (χ1n) is 5.89. The molecule has 0 unspecified atom stereocenters. The summed E-state index contributed by atoms with van der Waals surface area (Å²) in [6, 6.07) is 2.70. The molecule has 4 heteroatoms. The lowest BCUT2D eigenvalue weighted by molar-refractivity contribution is 0.590. The second-order valence-corrected chi connectivity index (χ2v) is 6.28. The number of aryl methyl sites for hydroxylation is 1. The first-order valence-corrected chi connectivity index (χ1v) is 7.65. The first kappa shape index (κ1) is 12.7. The molecule has 0 aliphatic rings. The van der Waals surface area contributed by atoms with Crippen LogP contribution in [-0.4, -0.2) is 17.6 Å². The largest absolute Gasteiger partial charge is 0.314 e. The third kappa shape index (κ3) is 3.37. The van der Waals surface area contributed by atoms with Crippen LogP contribution in [0.2, 0.25) is 0 Å². The van der Waals surface area contributed by atoms with E-state index in [1.165, 1.54) is 15.4 Å². The molecule has 0 saturated heterocycles.